The summed E-state index contributed by atoms with van der Waals surface area (Å²) in [5.41, 5.74) is 2.07. The Morgan fingerprint density at radius 2 is 1.55 bits per heavy atom. The number of aryl methyl sites for hydroxylation is 1. The topological polar surface area (TPSA) is 37.8 Å². The molecule has 0 aliphatic rings. The molecule has 0 saturated heterocycles. The van der Waals surface area contributed by atoms with Crippen molar-refractivity contribution in [3.63, 3.8) is 0 Å². The lowest BCUT2D eigenvalue weighted by atomic mass is 10.0. The number of fused-ring (bicyclic) bond motifs is 1. The van der Waals surface area contributed by atoms with E-state index in [-0.39, 0.29) is 10.7 Å². The van der Waals surface area contributed by atoms with Crippen LogP contribution < -0.4 is 5.32 Å². The fourth-order valence-electron chi connectivity index (χ4n) is 3.08. The zero-order chi connectivity index (χ0) is 20.6. The molecule has 0 bridgehead atoms. The molecule has 0 atom stereocenters. The van der Waals surface area contributed by atoms with Crippen molar-refractivity contribution in [2.75, 3.05) is 5.32 Å². The molecule has 3 nitrogen and oxygen atoms in total. The van der Waals surface area contributed by atoms with Gasteiger partial charge in [0.05, 0.1) is 10.6 Å². The van der Waals surface area contributed by atoms with Crippen molar-refractivity contribution in [3.8, 4) is 11.3 Å². The minimum Gasteiger partial charge on any atom is -0.338 e. The van der Waals surface area contributed by atoms with Crippen molar-refractivity contribution in [2.24, 2.45) is 0 Å². The Bertz CT molecular complexity index is 1190. The number of alkyl halides is 3. The second-order valence-electron chi connectivity index (χ2n) is 6.63. The Labute approximate surface area is 170 Å². The average molecular weight is 414 g/mol. The molecule has 4 rings (SSSR count). The van der Waals surface area contributed by atoms with Crippen molar-refractivity contribution in [1.82, 2.24) is 10.2 Å². The second-order valence-corrected chi connectivity index (χ2v) is 7.03. The van der Waals surface area contributed by atoms with E-state index in [2.05, 4.69) is 15.5 Å². The van der Waals surface area contributed by atoms with Crippen LogP contribution in [0.4, 0.5) is 24.7 Å². The Balaban J connectivity index is 1.79. The third kappa shape index (κ3) is 3.89. The second kappa shape index (κ2) is 7.37. The molecule has 0 aliphatic heterocycles. The molecule has 146 valence electrons. The highest BCUT2D eigenvalue weighted by Gasteiger charge is 2.33. The van der Waals surface area contributed by atoms with Gasteiger partial charge >= 0.3 is 6.18 Å². The van der Waals surface area contributed by atoms with Gasteiger partial charge in [-0.05, 0) is 25.1 Å². The van der Waals surface area contributed by atoms with Crippen LogP contribution in [0.1, 0.15) is 11.1 Å². The van der Waals surface area contributed by atoms with Gasteiger partial charge in [0.25, 0.3) is 0 Å². The number of nitrogens with one attached hydrogen (secondary N) is 1. The lowest BCUT2D eigenvalue weighted by Gasteiger charge is -2.14. The summed E-state index contributed by atoms with van der Waals surface area (Å²) >= 11 is 5.70. The largest absolute Gasteiger partial charge is 0.417 e. The maximum Gasteiger partial charge on any atom is 0.417 e. The van der Waals surface area contributed by atoms with Gasteiger partial charge in [0.1, 0.15) is 5.69 Å². The highest BCUT2D eigenvalue weighted by molar-refractivity contribution is 6.31. The van der Waals surface area contributed by atoms with E-state index in [4.69, 9.17) is 11.6 Å². The third-order valence-electron chi connectivity index (χ3n) is 4.55. The van der Waals surface area contributed by atoms with Gasteiger partial charge in [-0.25, -0.2) is 0 Å². The lowest BCUT2D eigenvalue weighted by molar-refractivity contribution is -0.137. The maximum absolute atomic E-state index is 13.1. The summed E-state index contributed by atoms with van der Waals surface area (Å²) in [6.45, 7) is 2.00. The van der Waals surface area contributed by atoms with E-state index in [0.717, 1.165) is 28.0 Å². The maximum atomic E-state index is 13.1. The third-order valence-corrected chi connectivity index (χ3v) is 4.88. The molecular weight excluding hydrogens is 399 g/mol. The summed E-state index contributed by atoms with van der Waals surface area (Å²) in [6.07, 6.45) is -4.54. The van der Waals surface area contributed by atoms with Crippen LogP contribution in [0, 0.1) is 6.92 Å². The lowest BCUT2D eigenvalue weighted by Crippen LogP contribution is -2.07. The van der Waals surface area contributed by atoms with Crippen molar-refractivity contribution >= 4 is 33.9 Å². The molecule has 4 aromatic rings. The van der Waals surface area contributed by atoms with Gasteiger partial charge in [0.2, 0.25) is 0 Å². The smallest absolute Gasteiger partial charge is 0.338 e. The molecule has 1 aromatic heterocycles. The molecule has 0 aliphatic carbocycles. The predicted octanol–water partition coefficient (Wildman–Crippen LogP) is 7.02. The van der Waals surface area contributed by atoms with Crippen LogP contribution in [0.25, 0.3) is 22.0 Å². The van der Waals surface area contributed by atoms with E-state index < -0.39 is 11.7 Å². The standard InChI is InChI=1S/C22H15ClF3N3/c1-13-6-8-14(9-7-13)20-16-4-2-3-5-17(16)21(29-28-20)27-15-10-11-19(23)18(12-15)22(24,25)26/h2-12H,1H3,(H,27,29). The number of hydrogen-bond donors (Lipinski definition) is 1. The minimum atomic E-state index is -4.54. The molecule has 0 radical (unpaired) electrons. The zero-order valence-electron chi connectivity index (χ0n) is 15.3. The number of rotatable bonds is 3. The number of anilines is 2. The molecule has 0 saturated carbocycles. The van der Waals surface area contributed by atoms with Crippen molar-refractivity contribution < 1.29 is 13.2 Å². The molecule has 1 N–H and O–H groups in total. The first kappa shape index (κ1) is 19.2. The van der Waals surface area contributed by atoms with Gasteiger partial charge in [-0.3, -0.25) is 0 Å². The number of nitrogens with zero attached hydrogens (tertiary/aromatic N) is 2. The SMILES string of the molecule is Cc1ccc(-c2nnc(Nc3ccc(Cl)c(C(F)(F)F)c3)c3ccccc23)cc1. The fourth-order valence-corrected chi connectivity index (χ4v) is 3.30. The molecule has 7 heteroatoms. The highest BCUT2D eigenvalue weighted by Crippen LogP contribution is 2.37. The molecule has 0 unspecified atom stereocenters. The quantitative estimate of drug-likeness (QED) is 0.392. The van der Waals surface area contributed by atoms with Gasteiger partial charge in [0.15, 0.2) is 5.82 Å². The van der Waals surface area contributed by atoms with Gasteiger partial charge in [-0.1, -0.05) is 65.7 Å². The number of hydrogen-bond acceptors (Lipinski definition) is 3. The number of halogens is 4. The summed E-state index contributed by atoms with van der Waals surface area (Å²) in [6, 6.07) is 19.1. The van der Waals surface area contributed by atoms with Crippen molar-refractivity contribution in [3.05, 3.63) is 82.9 Å². The Morgan fingerprint density at radius 1 is 0.862 bits per heavy atom. The van der Waals surface area contributed by atoms with Crippen molar-refractivity contribution in [2.45, 2.75) is 13.1 Å². The van der Waals surface area contributed by atoms with Gasteiger partial charge in [-0.2, -0.15) is 13.2 Å². The zero-order valence-corrected chi connectivity index (χ0v) is 16.0. The first-order valence-corrected chi connectivity index (χ1v) is 9.17. The van der Waals surface area contributed by atoms with E-state index in [1.165, 1.54) is 12.1 Å². The van der Waals surface area contributed by atoms with Gasteiger partial charge < -0.3 is 5.32 Å². The molecule has 3 aromatic carbocycles. The van der Waals surface area contributed by atoms with E-state index in [1.54, 1.807) is 0 Å². The van der Waals surface area contributed by atoms with Crippen LogP contribution in [0.2, 0.25) is 5.02 Å². The average Bonchev–Trinajstić information content (AvgIpc) is 2.70. The van der Waals surface area contributed by atoms with Crippen molar-refractivity contribution in [1.29, 1.82) is 0 Å². The Morgan fingerprint density at radius 3 is 2.24 bits per heavy atom. The van der Waals surface area contributed by atoms with Crippen LogP contribution in [0.15, 0.2) is 66.7 Å². The predicted molar refractivity (Wildman–Crippen MR) is 109 cm³/mol. The molecule has 0 fully saturated rings. The van der Waals surface area contributed by atoms with E-state index >= 15 is 0 Å². The number of benzene rings is 3. The molecule has 0 amide bonds. The number of aromatic nitrogens is 2. The van der Waals surface area contributed by atoms with Crippen LogP contribution in [0.3, 0.4) is 0 Å². The monoisotopic (exact) mass is 413 g/mol. The molecule has 29 heavy (non-hydrogen) atoms. The van der Waals surface area contributed by atoms with Crippen LogP contribution in [0.5, 0.6) is 0 Å². The molecule has 1 heterocycles. The van der Waals surface area contributed by atoms with E-state index in [1.807, 2.05) is 55.5 Å². The van der Waals surface area contributed by atoms with E-state index in [9.17, 15) is 13.2 Å². The summed E-state index contributed by atoms with van der Waals surface area (Å²) in [5.74, 6) is 0.368. The first-order chi connectivity index (χ1) is 13.8. The molecular formula is C22H15ClF3N3. The Hall–Kier alpha value is -3.12. The molecule has 0 spiro atoms. The normalized spacial score (nSPS) is 11.6. The van der Waals surface area contributed by atoms with Crippen LogP contribution >= 0.6 is 11.6 Å². The highest BCUT2D eigenvalue weighted by atomic mass is 35.5. The van der Waals surface area contributed by atoms with E-state index in [0.29, 0.717) is 11.5 Å². The summed E-state index contributed by atoms with van der Waals surface area (Å²) in [4.78, 5) is 0. The summed E-state index contributed by atoms with van der Waals surface area (Å²) < 4.78 is 39.4. The summed E-state index contributed by atoms with van der Waals surface area (Å²) in [7, 11) is 0. The fraction of sp³-hybridized carbons (Fsp3) is 0.0909. The van der Waals surface area contributed by atoms with Gasteiger partial charge in [-0.15, -0.1) is 10.2 Å². The van der Waals surface area contributed by atoms with Gasteiger partial charge in [0, 0.05) is 22.0 Å². The minimum absolute atomic E-state index is 0.226. The Kier molecular flexibility index (Phi) is 4.88. The van der Waals surface area contributed by atoms with Crippen LogP contribution in [-0.2, 0) is 6.18 Å². The van der Waals surface area contributed by atoms with Crippen LogP contribution in [-0.4, -0.2) is 10.2 Å². The first-order valence-electron chi connectivity index (χ1n) is 8.79. The summed E-state index contributed by atoms with van der Waals surface area (Å²) in [5, 5.41) is 12.8.